The number of carbonyl (C=O) groups is 1. The number of nitrogens with one attached hydrogen (secondary N) is 1. The summed E-state index contributed by atoms with van der Waals surface area (Å²) < 4.78 is 0. The molecule has 1 saturated carbocycles. The van der Waals surface area contributed by atoms with Crippen LogP contribution in [0.1, 0.15) is 52.9 Å². The lowest BCUT2D eigenvalue weighted by Crippen LogP contribution is -2.49. The van der Waals surface area contributed by atoms with Gasteiger partial charge in [-0.3, -0.25) is 4.79 Å². The van der Waals surface area contributed by atoms with Gasteiger partial charge >= 0.3 is 5.97 Å². The van der Waals surface area contributed by atoms with Crippen molar-refractivity contribution in [1.29, 1.82) is 0 Å². The summed E-state index contributed by atoms with van der Waals surface area (Å²) in [6.07, 6.45) is 5.56. The van der Waals surface area contributed by atoms with Gasteiger partial charge in [0.25, 0.3) is 0 Å². The molecule has 4 heteroatoms. The SMILES string of the molecule is CCNC(C)(CCCCN(CC)CC1CC1)C(=O)O. The third kappa shape index (κ3) is 5.91. The van der Waals surface area contributed by atoms with Crippen molar-refractivity contribution < 1.29 is 9.90 Å². The van der Waals surface area contributed by atoms with Gasteiger partial charge in [-0.05, 0) is 64.6 Å². The van der Waals surface area contributed by atoms with Crippen LogP contribution in [0.25, 0.3) is 0 Å². The molecule has 0 aromatic rings. The highest BCUT2D eigenvalue weighted by molar-refractivity contribution is 5.78. The molecule has 2 N–H and O–H groups in total. The van der Waals surface area contributed by atoms with Gasteiger partial charge in [0.15, 0.2) is 0 Å². The zero-order valence-corrected chi connectivity index (χ0v) is 12.7. The smallest absolute Gasteiger partial charge is 0.323 e. The minimum atomic E-state index is -0.762. The van der Waals surface area contributed by atoms with Crippen LogP contribution in [0.15, 0.2) is 0 Å². The van der Waals surface area contributed by atoms with Crippen molar-refractivity contribution >= 4 is 5.97 Å². The average Bonchev–Trinajstić information content (AvgIpc) is 3.17. The molecular formula is C15H30N2O2. The maximum Gasteiger partial charge on any atom is 0.323 e. The number of hydrogen-bond donors (Lipinski definition) is 2. The van der Waals surface area contributed by atoms with Crippen molar-refractivity contribution in [2.45, 2.75) is 58.4 Å². The Balaban J connectivity index is 2.21. The summed E-state index contributed by atoms with van der Waals surface area (Å²) in [5.41, 5.74) is -0.762. The number of carboxylic acid groups (broad SMARTS) is 1. The number of nitrogens with zero attached hydrogens (tertiary/aromatic N) is 1. The first-order chi connectivity index (χ1) is 9.01. The lowest BCUT2D eigenvalue weighted by molar-refractivity contribution is -0.144. The summed E-state index contributed by atoms with van der Waals surface area (Å²) in [5, 5.41) is 12.4. The second-order valence-electron chi connectivity index (χ2n) is 5.96. The third-order valence-corrected chi connectivity index (χ3v) is 4.10. The topological polar surface area (TPSA) is 52.6 Å². The Labute approximate surface area is 117 Å². The van der Waals surface area contributed by atoms with E-state index in [4.69, 9.17) is 0 Å². The van der Waals surface area contributed by atoms with Crippen molar-refractivity contribution in [3.8, 4) is 0 Å². The molecule has 1 atom stereocenters. The van der Waals surface area contributed by atoms with Crippen molar-refractivity contribution in [2.75, 3.05) is 26.2 Å². The monoisotopic (exact) mass is 270 g/mol. The van der Waals surface area contributed by atoms with Gasteiger partial charge < -0.3 is 15.3 Å². The maximum atomic E-state index is 11.3. The molecule has 1 aliphatic rings. The fraction of sp³-hybridized carbons (Fsp3) is 0.933. The number of likely N-dealkylation sites (N-methyl/N-ethyl adjacent to an activating group) is 1. The molecule has 0 amide bonds. The highest BCUT2D eigenvalue weighted by atomic mass is 16.4. The quantitative estimate of drug-likeness (QED) is 0.566. The van der Waals surface area contributed by atoms with Crippen molar-refractivity contribution in [2.24, 2.45) is 5.92 Å². The molecule has 4 nitrogen and oxygen atoms in total. The number of hydrogen-bond acceptors (Lipinski definition) is 3. The van der Waals surface area contributed by atoms with Crippen LogP contribution in [0.2, 0.25) is 0 Å². The van der Waals surface area contributed by atoms with Crippen molar-refractivity contribution in [1.82, 2.24) is 10.2 Å². The molecule has 0 aromatic carbocycles. The Morgan fingerprint density at radius 2 is 2.05 bits per heavy atom. The van der Waals surface area contributed by atoms with Gasteiger partial charge in [-0.15, -0.1) is 0 Å². The van der Waals surface area contributed by atoms with E-state index < -0.39 is 11.5 Å². The van der Waals surface area contributed by atoms with Crippen LogP contribution in [-0.4, -0.2) is 47.7 Å². The fourth-order valence-corrected chi connectivity index (χ4v) is 2.52. The van der Waals surface area contributed by atoms with Gasteiger partial charge in [0, 0.05) is 6.54 Å². The Hall–Kier alpha value is -0.610. The predicted octanol–water partition coefficient (Wildman–Crippen LogP) is 2.34. The zero-order valence-electron chi connectivity index (χ0n) is 12.7. The lowest BCUT2D eigenvalue weighted by atomic mass is 9.95. The second-order valence-corrected chi connectivity index (χ2v) is 5.96. The Kier molecular flexibility index (Phi) is 6.80. The average molecular weight is 270 g/mol. The summed E-state index contributed by atoms with van der Waals surface area (Å²) in [5.74, 6) is 0.200. The Morgan fingerprint density at radius 1 is 1.37 bits per heavy atom. The highest BCUT2D eigenvalue weighted by Gasteiger charge is 2.31. The van der Waals surface area contributed by atoms with Crippen LogP contribution < -0.4 is 5.32 Å². The minimum absolute atomic E-state index is 0.700. The molecule has 0 aromatic heterocycles. The van der Waals surface area contributed by atoms with E-state index in [1.54, 1.807) is 6.92 Å². The summed E-state index contributed by atoms with van der Waals surface area (Å²) in [6, 6.07) is 0. The van der Waals surface area contributed by atoms with E-state index in [1.165, 1.54) is 19.4 Å². The molecule has 0 saturated heterocycles. The molecule has 1 unspecified atom stereocenters. The van der Waals surface area contributed by atoms with Crippen LogP contribution in [0.3, 0.4) is 0 Å². The van der Waals surface area contributed by atoms with Crippen LogP contribution in [0, 0.1) is 5.92 Å². The molecule has 112 valence electrons. The fourth-order valence-electron chi connectivity index (χ4n) is 2.52. The summed E-state index contributed by atoms with van der Waals surface area (Å²) in [4.78, 5) is 13.8. The van der Waals surface area contributed by atoms with Crippen molar-refractivity contribution in [3.63, 3.8) is 0 Å². The van der Waals surface area contributed by atoms with E-state index in [0.29, 0.717) is 13.0 Å². The first-order valence-electron chi connectivity index (χ1n) is 7.72. The van der Waals surface area contributed by atoms with Crippen LogP contribution in [0.5, 0.6) is 0 Å². The van der Waals surface area contributed by atoms with Gasteiger partial charge in [-0.2, -0.15) is 0 Å². The molecule has 0 spiro atoms. The first kappa shape index (κ1) is 16.4. The van der Waals surface area contributed by atoms with Gasteiger partial charge in [0.2, 0.25) is 0 Å². The van der Waals surface area contributed by atoms with E-state index in [-0.39, 0.29) is 0 Å². The molecule has 0 heterocycles. The molecule has 0 bridgehead atoms. The largest absolute Gasteiger partial charge is 0.480 e. The maximum absolute atomic E-state index is 11.3. The normalized spacial score (nSPS) is 18.5. The van der Waals surface area contributed by atoms with Gasteiger partial charge in [0.1, 0.15) is 5.54 Å². The zero-order chi connectivity index (χ0) is 14.3. The van der Waals surface area contributed by atoms with Crippen molar-refractivity contribution in [3.05, 3.63) is 0 Å². The van der Waals surface area contributed by atoms with E-state index in [0.717, 1.165) is 31.8 Å². The predicted molar refractivity (Wildman–Crippen MR) is 78.4 cm³/mol. The Bertz CT molecular complexity index is 279. The van der Waals surface area contributed by atoms with E-state index in [9.17, 15) is 9.90 Å². The highest BCUT2D eigenvalue weighted by Crippen LogP contribution is 2.29. The van der Waals surface area contributed by atoms with Crippen LogP contribution in [-0.2, 0) is 4.79 Å². The number of carboxylic acids is 1. The molecule has 1 rings (SSSR count). The summed E-state index contributed by atoms with van der Waals surface area (Å²) in [7, 11) is 0. The first-order valence-corrected chi connectivity index (χ1v) is 7.72. The molecule has 0 radical (unpaired) electrons. The molecular weight excluding hydrogens is 240 g/mol. The molecule has 19 heavy (non-hydrogen) atoms. The molecule has 0 aliphatic heterocycles. The molecule has 1 aliphatic carbocycles. The summed E-state index contributed by atoms with van der Waals surface area (Å²) in [6.45, 7) is 10.1. The summed E-state index contributed by atoms with van der Waals surface area (Å²) >= 11 is 0. The van der Waals surface area contributed by atoms with Crippen LogP contribution >= 0.6 is 0 Å². The number of unbranched alkanes of at least 4 members (excludes halogenated alkanes) is 1. The second kappa shape index (κ2) is 7.85. The third-order valence-electron chi connectivity index (χ3n) is 4.10. The van der Waals surface area contributed by atoms with Gasteiger partial charge in [-0.25, -0.2) is 0 Å². The van der Waals surface area contributed by atoms with E-state index >= 15 is 0 Å². The van der Waals surface area contributed by atoms with Gasteiger partial charge in [-0.1, -0.05) is 13.8 Å². The Morgan fingerprint density at radius 3 is 2.53 bits per heavy atom. The number of aliphatic carboxylic acids is 1. The lowest BCUT2D eigenvalue weighted by Gasteiger charge is -2.26. The standard InChI is InChI=1S/C15H30N2O2/c1-4-16-15(3,14(18)19)10-6-7-11-17(5-2)12-13-8-9-13/h13,16H,4-12H2,1-3H3,(H,18,19). The van der Waals surface area contributed by atoms with Gasteiger partial charge in [0.05, 0.1) is 0 Å². The van der Waals surface area contributed by atoms with Crippen LogP contribution in [0.4, 0.5) is 0 Å². The number of rotatable bonds is 11. The van der Waals surface area contributed by atoms with E-state index in [1.807, 2.05) is 6.92 Å². The van der Waals surface area contributed by atoms with E-state index in [2.05, 4.69) is 17.1 Å². The molecule has 1 fully saturated rings. The minimum Gasteiger partial charge on any atom is -0.480 e.